The summed E-state index contributed by atoms with van der Waals surface area (Å²) in [5, 5.41) is 7.17. The Hall–Kier alpha value is -0.660. The molecule has 0 bridgehead atoms. The second-order valence-corrected chi connectivity index (χ2v) is 5.95. The zero-order chi connectivity index (χ0) is 13.6. The van der Waals surface area contributed by atoms with Crippen molar-refractivity contribution in [3.05, 3.63) is 0 Å². The zero-order valence-corrected chi connectivity index (χ0v) is 11.9. The van der Waals surface area contributed by atoms with Crippen LogP contribution in [0.5, 0.6) is 0 Å². The standard InChI is InChI=1S/C10H24N4O2S/c1-5-13(6-2)17(15,16)14(9(3)4)8-7-10(11)12/h9H,5-8H2,1-4H3,(H3,11,12). The maximum atomic E-state index is 12.3. The molecular formula is C10H24N4O2S. The molecule has 0 saturated heterocycles. The number of nitrogens with zero attached hydrogens (tertiary/aromatic N) is 2. The van der Waals surface area contributed by atoms with Gasteiger partial charge >= 0.3 is 0 Å². The molecule has 0 radical (unpaired) electrons. The molecule has 0 rings (SSSR count). The van der Waals surface area contributed by atoms with Gasteiger partial charge in [0, 0.05) is 32.1 Å². The van der Waals surface area contributed by atoms with Gasteiger partial charge in [-0.2, -0.15) is 17.0 Å². The van der Waals surface area contributed by atoms with E-state index in [0.29, 0.717) is 13.1 Å². The predicted octanol–water partition coefficient (Wildman–Crippen LogP) is 0.609. The maximum Gasteiger partial charge on any atom is 0.282 e. The quantitative estimate of drug-likeness (QED) is 0.497. The molecule has 0 aromatic rings. The summed E-state index contributed by atoms with van der Waals surface area (Å²) in [5.74, 6) is 0.00500. The molecule has 0 saturated carbocycles. The van der Waals surface area contributed by atoms with Crippen molar-refractivity contribution in [2.75, 3.05) is 19.6 Å². The summed E-state index contributed by atoms with van der Waals surface area (Å²) in [7, 11) is -3.44. The van der Waals surface area contributed by atoms with Crippen molar-refractivity contribution >= 4 is 16.0 Å². The van der Waals surface area contributed by atoms with Crippen LogP contribution in [0, 0.1) is 5.41 Å². The van der Waals surface area contributed by atoms with E-state index in [1.165, 1.54) is 8.61 Å². The number of hydrogen-bond donors (Lipinski definition) is 2. The predicted molar refractivity (Wildman–Crippen MR) is 70.2 cm³/mol. The molecule has 6 nitrogen and oxygen atoms in total. The summed E-state index contributed by atoms with van der Waals surface area (Å²) < 4.78 is 27.4. The van der Waals surface area contributed by atoms with Crippen molar-refractivity contribution in [1.29, 1.82) is 5.41 Å². The molecule has 0 amide bonds. The molecule has 102 valence electrons. The summed E-state index contributed by atoms with van der Waals surface area (Å²) >= 11 is 0. The highest BCUT2D eigenvalue weighted by atomic mass is 32.2. The molecule has 0 spiro atoms. The van der Waals surface area contributed by atoms with Crippen molar-refractivity contribution in [3.8, 4) is 0 Å². The van der Waals surface area contributed by atoms with Gasteiger partial charge in [-0.05, 0) is 13.8 Å². The highest BCUT2D eigenvalue weighted by molar-refractivity contribution is 7.86. The summed E-state index contributed by atoms with van der Waals surface area (Å²) in [6, 6.07) is -0.139. The zero-order valence-electron chi connectivity index (χ0n) is 11.1. The molecule has 0 atom stereocenters. The number of nitrogens with two attached hydrogens (primary N) is 1. The molecule has 0 aromatic heterocycles. The third-order valence-electron chi connectivity index (χ3n) is 2.51. The number of nitrogens with one attached hydrogen (secondary N) is 1. The fraction of sp³-hybridized carbons (Fsp3) is 0.900. The monoisotopic (exact) mass is 264 g/mol. The minimum absolute atomic E-state index is 0.00500. The van der Waals surface area contributed by atoms with Crippen LogP contribution in [0.25, 0.3) is 0 Å². The molecule has 0 aliphatic rings. The minimum atomic E-state index is -3.44. The fourth-order valence-electron chi connectivity index (χ4n) is 1.57. The van der Waals surface area contributed by atoms with Gasteiger partial charge in [0.25, 0.3) is 10.2 Å². The van der Waals surface area contributed by atoms with Crippen LogP contribution in [0.1, 0.15) is 34.1 Å². The Labute approximate surface area is 104 Å². The van der Waals surface area contributed by atoms with Crippen molar-refractivity contribution in [2.24, 2.45) is 5.73 Å². The molecular weight excluding hydrogens is 240 g/mol. The summed E-state index contributed by atoms with van der Waals surface area (Å²) in [6.45, 7) is 8.41. The van der Waals surface area contributed by atoms with Crippen molar-refractivity contribution in [2.45, 2.75) is 40.2 Å². The molecule has 0 aliphatic heterocycles. The maximum absolute atomic E-state index is 12.3. The third kappa shape index (κ3) is 4.61. The lowest BCUT2D eigenvalue weighted by Crippen LogP contribution is -2.47. The van der Waals surface area contributed by atoms with Crippen molar-refractivity contribution < 1.29 is 8.42 Å². The van der Waals surface area contributed by atoms with E-state index in [0.717, 1.165) is 0 Å². The molecule has 0 unspecified atom stereocenters. The van der Waals surface area contributed by atoms with E-state index < -0.39 is 10.2 Å². The van der Waals surface area contributed by atoms with Gasteiger partial charge in [-0.15, -0.1) is 0 Å². The smallest absolute Gasteiger partial charge is 0.282 e. The lowest BCUT2D eigenvalue weighted by molar-refractivity contribution is 0.316. The second-order valence-electron chi connectivity index (χ2n) is 4.07. The lowest BCUT2D eigenvalue weighted by Gasteiger charge is -2.31. The van der Waals surface area contributed by atoms with Crippen LogP contribution in [-0.4, -0.2) is 48.5 Å². The summed E-state index contributed by atoms with van der Waals surface area (Å²) in [5.41, 5.74) is 5.27. The van der Waals surface area contributed by atoms with Crippen molar-refractivity contribution in [1.82, 2.24) is 8.61 Å². The van der Waals surface area contributed by atoms with Crippen LogP contribution in [0.3, 0.4) is 0 Å². The molecule has 3 N–H and O–H groups in total. The Kier molecular flexibility index (Phi) is 6.66. The van der Waals surface area contributed by atoms with E-state index in [2.05, 4.69) is 0 Å². The molecule has 0 aromatic carbocycles. The van der Waals surface area contributed by atoms with Crippen LogP contribution in [0.2, 0.25) is 0 Å². The van der Waals surface area contributed by atoms with Gasteiger partial charge in [0.2, 0.25) is 0 Å². The lowest BCUT2D eigenvalue weighted by atomic mass is 10.3. The first kappa shape index (κ1) is 16.3. The van der Waals surface area contributed by atoms with E-state index in [9.17, 15) is 8.42 Å². The van der Waals surface area contributed by atoms with Gasteiger partial charge in [0.15, 0.2) is 0 Å². The Balaban J connectivity index is 4.97. The highest BCUT2D eigenvalue weighted by Gasteiger charge is 2.29. The average molecular weight is 264 g/mol. The number of rotatable bonds is 8. The van der Waals surface area contributed by atoms with Gasteiger partial charge in [-0.3, -0.25) is 5.41 Å². The van der Waals surface area contributed by atoms with E-state index in [1.54, 1.807) is 0 Å². The average Bonchev–Trinajstić information content (AvgIpc) is 2.17. The minimum Gasteiger partial charge on any atom is -0.388 e. The van der Waals surface area contributed by atoms with E-state index >= 15 is 0 Å². The van der Waals surface area contributed by atoms with Crippen LogP contribution < -0.4 is 5.73 Å². The number of amidine groups is 1. The van der Waals surface area contributed by atoms with Crippen LogP contribution in [0.15, 0.2) is 0 Å². The van der Waals surface area contributed by atoms with Crippen LogP contribution >= 0.6 is 0 Å². The van der Waals surface area contributed by atoms with Crippen molar-refractivity contribution in [3.63, 3.8) is 0 Å². The molecule has 0 heterocycles. The Morgan fingerprint density at radius 2 is 1.76 bits per heavy atom. The van der Waals surface area contributed by atoms with Gasteiger partial charge < -0.3 is 5.73 Å². The Morgan fingerprint density at radius 3 is 2.06 bits per heavy atom. The Bertz CT molecular complexity index is 336. The fourth-order valence-corrected chi connectivity index (χ4v) is 3.37. The normalized spacial score (nSPS) is 12.6. The van der Waals surface area contributed by atoms with E-state index in [-0.39, 0.29) is 24.8 Å². The van der Waals surface area contributed by atoms with Crippen LogP contribution in [0.4, 0.5) is 0 Å². The first-order valence-electron chi connectivity index (χ1n) is 5.87. The highest BCUT2D eigenvalue weighted by Crippen LogP contribution is 2.12. The topological polar surface area (TPSA) is 90.5 Å². The number of hydrogen-bond acceptors (Lipinski definition) is 3. The summed E-state index contributed by atoms with van der Waals surface area (Å²) in [6.07, 6.45) is 0.263. The van der Waals surface area contributed by atoms with Gasteiger partial charge in [0.05, 0.1) is 5.84 Å². The van der Waals surface area contributed by atoms with E-state index in [1.807, 2.05) is 27.7 Å². The molecule has 0 fully saturated rings. The first-order valence-corrected chi connectivity index (χ1v) is 7.26. The largest absolute Gasteiger partial charge is 0.388 e. The second kappa shape index (κ2) is 6.93. The Morgan fingerprint density at radius 1 is 1.29 bits per heavy atom. The first-order chi connectivity index (χ1) is 7.77. The molecule has 17 heavy (non-hydrogen) atoms. The van der Waals surface area contributed by atoms with E-state index in [4.69, 9.17) is 11.1 Å². The van der Waals surface area contributed by atoms with Gasteiger partial charge in [-0.1, -0.05) is 13.8 Å². The van der Waals surface area contributed by atoms with Gasteiger partial charge in [-0.25, -0.2) is 0 Å². The summed E-state index contributed by atoms with van der Waals surface area (Å²) in [4.78, 5) is 0. The molecule has 0 aliphatic carbocycles. The van der Waals surface area contributed by atoms with Gasteiger partial charge in [0.1, 0.15) is 0 Å². The SMILES string of the molecule is CCN(CC)S(=O)(=O)N(CCC(=N)N)C(C)C. The third-order valence-corrected chi connectivity index (χ3v) is 4.87. The van der Waals surface area contributed by atoms with Crippen LogP contribution in [-0.2, 0) is 10.2 Å². The molecule has 7 heteroatoms.